The van der Waals surface area contributed by atoms with Crippen LogP contribution in [0.15, 0.2) is 18.2 Å². The monoisotopic (exact) mass is 273 g/mol. The Hall–Kier alpha value is -0.730. The summed E-state index contributed by atoms with van der Waals surface area (Å²) >= 11 is 11.8. The third kappa shape index (κ3) is 4.57. The fourth-order valence-electron chi connectivity index (χ4n) is 1.61. The molecule has 0 radical (unpaired) electrons. The smallest absolute Gasteiger partial charge is 0.224 e. The third-order valence-electron chi connectivity index (χ3n) is 2.72. The molecule has 0 fully saturated rings. The van der Waals surface area contributed by atoms with Gasteiger partial charge in [0.1, 0.15) is 0 Å². The Morgan fingerprint density at radius 2 is 1.94 bits per heavy atom. The fraction of sp³-hybridized carbons (Fsp3) is 0.462. The van der Waals surface area contributed by atoms with Crippen LogP contribution in [0.1, 0.15) is 32.3 Å². The van der Waals surface area contributed by atoms with Gasteiger partial charge in [0, 0.05) is 16.1 Å². The summed E-state index contributed by atoms with van der Waals surface area (Å²) in [6, 6.07) is 5.43. The summed E-state index contributed by atoms with van der Waals surface area (Å²) < 4.78 is 0. The molecule has 0 heterocycles. The Labute approximate surface area is 112 Å². The predicted molar refractivity (Wildman–Crippen MR) is 72.7 cm³/mol. The van der Waals surface area contributed by atoms with Crippen molar-refractivity contribution in [2.24, 2.45) is 0 Å². The first-order valence-corrected chi connectivity index (χ1v) is 6.55. The third-order valence-corrected chi connectivity index (χ3v) is 3.30. The molecule has 4 heteroatoms. The molecule has 0 aliphatic heterocycles. The van der Waals surface area contributed by atoms with Gasteiger partial charge in [0.25, 0.3) is 0 Å². The van der Waals surface area contributed by atoms with Crippen LogP contribution in [0.5, 0.6) is 0 Å². The van der Waals surface area contributed by atoms with Gasteiger partial charge in [0.15, 0.2) is 0 Å². The first-order chi connectivity index (χ1) is 8.06. The topological polar surface area (TPSA) is 29.1 Å². The number of carbonyl (C=O) groups excluding carboxylic acids is 1. The lowest BCUT2D eigenvalue weighted by Gasteiger charge is -2.15. The molecular formula is C13H17Cl2NO. The van der Waals surface area contributed by atoms with E-state index in [4.69, 9.17) is 23.2 Å². The number of hydrogen-bond acceptors (Lipinski definition) is 1. The van der Waals surface area contributed by atoms with Crippen molar-refractivity contribution in [1.82, 2.24) is 5.32 Å². The first-order valence-electron chi connectivity index (χ1n) is 5.80. The van der Waals surface area contributed by atoms with Crippen LogP contribution in [0, 0.1) is 0 Å². The summed E-state index contributed by atoms with van der Waals surface area (Å²) in [6.45, 7) is 4.12. The van der Waals surface area contributed by atoms with Crippen LogP contribution in [0.25, 0.3) is 0 Å². The molecule has 0 unspecified atom stereocenters. The van der Waals surface area contributed by atoms with Crippen LogP contribution in [0.3, 0.4) is 0 Å². The van der Waals surface area contributed by atoms with Gasteiger partial charge in [-0.3, -0.25) is 4.79 Å². The minimum atomic E-state index is 0.00271. The van der Waals surface area contributed by atoms with E-state index in [-0.39, 0.29) is 11.9 Å². The zero-order valence-corrected chi connectivity index (χ0v) is 11.6. The Bertz CT molecular complexity index is 389. The van der Waals surface area contributed by atoms with Gasteiger partial charge in [-0.1, -0.05) is 43.1 Å². The highest BCUT2D eigenvalue weighted by Gasteiger charge is 2.11. The highest BCUT2D eigenvalue weighted by atomic mass is 35.5. The number of carbonyl (C=O) groups is 1. The summed E-state index contributed by atoms with van der Waals surface area (Å²) in [4.78, 5) is 11.8. The zero-order chi connectivity index (χ0) is 12.8. The van der Waals surface area contributed by atoms with E-state index in [2.05, 4.69) is 19.2 Å². The van der Waals surface area contributed by atoms with E-state index in [1.807, 2.05) is 0 Å². The molecule has 0 aliphatic carbocycles. The Morgan fingerprint density at radius 1 is 1.29 bits per heavy atom. The van der Waals surface area contributed by atoms with E-state index in [1.165, 1.54) is 0 Å². The lowest BCUT2D eigenvalue weighted by Crippen LogP contribution is -2.34. The minimum Gasteiger partial charge on any atom is -0.353 e. The van der Waals surface area contributed by atoms with Crippen molar-refractivity contribution in [3.63, 3.8) is 0 Å². The second-order valence-corrected chi connectivity index (χ2v) is 4.84. The summed E-state index contributed by atoms with van der Waals surface area (Å²) in [6.07, 6.45) is 2.18. The molecule has 1 aromatic rings. The molecule has 0 saturated heterocycles. The summed E-state index contributed by atoms with van der Waals surface area (Å²) in [5.41, 5.74) is 0.805. The van der Waals surface area contributed by atoms with Gasteiger partial charge in [-0.15, -0.1) is 0 Å². The number of benzene rings is 1. The quantitative estimate of drug-likeness (QED) is 0.868. The van der Waals surface area contributed by atoms with Crippen LogP contribution < -0.4 is 5.32 Å². The molecule has 1 aromatic carbocycles. The molecule has 17 heavy (non-hydrogen) atoms. The molecule has 1 N–H and O–H groups in total. The highest BCUT2D eigenvalue weighted by Crippen LogP contribution is 2.21. The Morgan fingerprint density at radius 3 is 2.47 bits per heavy atom. The van der Waals surface area contributed by atoms with Crippen molar-refractivity contribution < 1.29 is 4.79 Å². The summed E-state index contributed by atoms with van der Waals surface area (Å²) in [5, 5.41) is 4.10. The van der Waals surface area contributed by atoms with E-state index >= 15 is 0 Å². The van der Waals surface area contributed by atoms with E-state index < -0.39 is 0 Å². The van der Waals surface area contributed by atoms with Crippen molar-refractivity contribution in [3.8, 4) is 0 Å². The van der Waals surface area contributed by atoms with E-state index in [9.17, 15) is 4.79 Å². The molecular weight excluding hydrogens is 257 g/mol. The average molecular weight is 274 g/mol. The van der Waals surface area contributed by atoms with Gasteiger partial charge >= 0.3 is 0 Å². The number of rotatable bonds is 5. The number of halogens is 2. The van der Waals surface area contributed by atoms with Gasteiger partial charge in [-0.2, -0.15) is 0 Å². The molecule has 1 rings (SSSR count). The standard InChI is InChI=1S/C13H17Cl2NO/c1-3-11(4-2)16-13(17)7-9-5-6-10(14)8-12(9)15/h5-6,8,11H,3-4,7H2,1-2H3,(H,16,17). The number of nitrogens with one attached hydrogen (secondary N) is 1. The molecule has 0 aliphatic rings. The molecule has 0 atom stereocenters. The van der Waals surface area contributed by atoms with Gasteiger partial charge < -0.3 is 5.32 Å². The molecule has 0 aromatic heterocycles. The lowest BCUT2D eigenvalue weighted by atomic mass is 10.1. The van der Waals surface area contributed by atoms with Crippen molar-refractivity contribution in [3.05, 3.63) is 33.8 Å². The summed E-state index contributed by atoms with van der Waals surface area (Å²) in [5.74, 6) is 0.00271. The minimum absolute atomic E-state index is 0.00271. The van der Waals surface area contributed by atoms with Gasteiger partial charge in [-0.25, -0.2) is 0 Å². The van der Waals surface area contributed by atoms with Gasteiger partial charge in [0.2, 0.25) is 5.91 Å². The van der Waals surface area contributed by atoms with Crippen molar-refractivity contribution in [2.45, 2.75) is 39.2 Å². The maximum Gasteiger partial charge on any atom is 0.224 e. The Kier molecular flexibility index (Phi) is 5.79. The van der Waals surface area contributed by atoms with Crippen molar-refractivity contribution >= 4 is 29.1 Å². The molecule has 94 valence electrons. The van der Waals surface area contributed by atoms with Crippen LogP contribution in [-0.4, -0.2) is 11.9 Å². The normalized spacial score (nSPS) is 10.6. The average Bonchev–Trinajstić information content (AvgIpc) is 2.29. The predicted octanol–water partition coefficient (Wildman–Crippen LogP) is 3.84. The zero-order valence-electron chi connectivity index (χ0n) is 10.1. The van der Waals surface area contributed by atoms with Crippen LogP contribution in [0.2, 0.25) is 10.0 Å². The summed E-state index contributed by atoms with van der Waals surface area (Å²) in [7, 11) is 0. The van der Waals surface area contributed by atoms with Crippen molar-refractivity contribution in [2.75, 3.05) is 0 Å². The second kappa shape index (κ2) is 6.87. The van der Waals surface area contributed by atoms with Crippen LogP contribution in [-0.2, 0) is 11.2 Å². The van der Waals surface area contributed by atoms with Gasteiger partial charge in [-0.05, 0) is 30.5 Å². The highest BCUT2D eigenvalue weighted by molar-refractivity contribution is 6.35. The molecule has 0 spiro atoms. The van der Waals surface area contributed by atoms with Crippen LogP contribution >= 0.6 is 23.2 Å². The van der Waals surface area contributed by atoms with E-state index in [1.54, 1.807) is 18.2 Å². The second-order valence-electron chi connectivity index (χ2n) is 3.99. The maximum atomic E-state index is 11.8. The number of amides is 1. The SMILES string of the molecule is CCC(CC)NC(=O)Cc1ccc(Cl)cc1Cl. The molecule has 2 nitrogen and oxygen atoms in total. The first kappa shape index (κ1) is 14.3. The molecule has 0 bridgehead atoms. The van der Waals surface area contributed by atoms with Crippen LogP contribution in [0.4, 0.5) is 0 Å². The maximum absolute atomic E-state index is 11.8. The lowest BCUT2D eigenvalue weighted by molar-refractivity contribution is -0.121. The van der Waals surface area contributed by atoms with Gasteiger partial charge in [0.05, 0.1) is 6.42 Å². The molecule has 1 amide bonds. The van der Waals surface area contributed by atoms with Crippen molar-refractivity contribution in [1.29, 1.82) is 0 Å². The number of hydrogen-bond donors (Lipinski definition) is 1. The Balaban J connectivity index is 2.62. The molecule has 0 saturated carbocycles. The van der Waals surface area contributed by atoms with E-state index in [0.29, 0.717) is 16.5 Å². The fourth-order valence-corrected chi connectivity index (χ4v) is 2.08. The van der Waals surface area contributed by atoms with E-state index in [0.717, 1.165) is 18.4 Å². The largest absolute Gasteiger partial charge is 0.353 e.